The van der Waals surface area contributed by atoms with Crippen LogP contribution < -0.4 is 14.2 Å². The molecule has 2 N–H and O–H groups in total. The maximum absolute atomic E-state index is 13.5. The number of nitrogens with zero attached hydrogens (tertiary/aromatic N) is 1. The van der Waals surface area contributed by atoms with Crippen molar-refractivity contribution in [3.63, 3.8) is 0 Å². The van der Waals surface area contributed by atoms with E-state index in [-0.39, 0.29) is 30.5 Å². The van der Waals surface area contributed by atoms with Crippen LogP contribution in [0.1, 0.15) is 24.8 Å². The summed E-state index contributed by atoms with van der Waals surface area (Å²) in [6.07, 6.45) is 3.62. The Bertz CT molecular complexity index is 1090. The van der Waals surface area contributed by atoms with Gasteiger partial charge in [0.1, 0.15) is 24.1 Å². The zero-order chi connectivity index (χ0) is 25.7. The number of aliphatic carboxylic acids is 2. The van der Waals surface area contributed by atoms with E-state index in [0.717, 1.165) is 30.0 Å². The molecule has 10 nitrogen and oxygen atoms in total. The molecule has 36 heavy (non-hydrogen) atoms. The fourth-order valence-corrected chi connectivity index (χ4v) is 4.51. The number of carboxylic acid groups (broad SMARTS) is 2. The van der Waals surface area contributed by atoms with Gasteiger partial charge in [0.15, 0.2) is 11.5 Å². The standard InChI is InChI=1S/C23H24FNO5.C2H2O4/c1-15-20(13-28-18-6-7-21-22(12-18)30-14-29-21)19(16-2-4-17(24)5-3-16)8-9-25(15)23-26-10-11-27-23;3-1(4)2(5)6/h2-7,10-12,15,19-20,23H,8-9,13-14H2,1H3;(H,3,4)(H,5,6)/t15-,19?,20-;/m1./s1. The highest BCUT2D eigenvalue weighted by molar-refractivity contribution is 6.27. The Balaban J connectivity index is 0.000000455. The van der Waals surface area contributed by atoms with E-state index in [1.165, 1.54) is 12.1 Å². The first-order valence-corrected chi connectivity index (χ1v) is 11.3. The Morgan fingerprint density at radius 1 is 1.03 bits per heavy atom. The number of rotatable bonds is 5. The number of hydrogen-bond donors (Lipinski definition) is 2. The van der Waals surface area contributed by atoms with Crippen LogP contribution in [-0.4, -0.2) is 59.5 Å². The van der Waals surface area contributed by atoms with E-state index in [1.54, 1.807) is 12.5 Å². The largest absolute Gasteiger partial charge is 0.493 e. The SMILES string of the molecule is C[C@@H]1[C@@H](COc2ccc3c(c2)OCO3)C(c2ccc(F)cc2)CCN1C1OC=CO1.O=C(O)C(=O)O. The third-order valence-corrected chi connectivity index (χ3v) is 6.34. The molecular formula is C25H26FNO9. The Labute approximate surface area is 206 Å². The van der Waals surface area contributed by atoms with Crippen LogP contribution in [0.3, 0.4) is 0 Å². The molecule has 3 heterocycles. The van der Waals surface area contributed by atoms with Gasteiger partial charge in [0, 0.05) is 24.6 Å². The molecule has 3 atom stereocenters. The van der Waals surface area contributed by atoms with Crippen molar-refractivity contribution in [1.82, 2.24) is 4.90 Å². The second-order valence-electron chi connectivity index (χ2n) is 8.38. The highest BCUT2D eigenvalue weighted by atomic mass is 19.1. The third-order valence-electron chi connectivity index (χ3n) is 6.34. The molecule has 0 amide bonds. The zero-order valence-electron chi connectivity index (χ0n) is 19.4. The number of piperidine rings is 1. The second kappa shape index (κ2) is 11.2. The summed E-state index contributed by atoms with van der Waals surface area (Å²) in [5, 5.41) is 14.8. The van der Waals surface area contributed by atoms with Crippen LogP contribution >= 0.6 is 0 Å². The van der Waals surface area contributed by atoms with Crippen molar-refractivity contribution in [3.8, 4) is 17.2 Å². The van der Waals surface area contributed by atoms with Gasteiger partial charge in [0.2, 0.25) is 6.79 Å². The molecule has 0 saturated carbocycles. The van der Waals surface area contributed by atoms with Crippen molar-refractivity contribution in [1.29, 1.82) is 0 Å². The highest BCUT2D eigenvalue weighted by Crippen LogP contribution is 2.40. The molecular weight excluding hydrogens is 477 g/mol. The minimum atomic E-state index is -1.82. The predicted molar refractivity (Wildman–Crippen MR) is 122 cm³/mol. The predicted octanol–water partition coefficient (Wildman–Crippen LogP) is 3.38. The van der Waals surface area contributed by atoms with Gasteiger partial charge in [-0.05, 0) is 49.1 Å². The molecule has 3 aliphatic rings. The molecule has 192 valence electrons. The van der Waals surface area contributed by atoms with Crippen LogP contribution in [0, 0.1) is 11.7 Å². The molecule has 1 saturated heterocycles. The van der Waals surface area contributed by atoms with Crippen LogP contribution in [-0.2, 0) is 19.1 Å². The van der Waals surface area contributed by atoms with Crippen molar-refractivity contribution in [3.05, 3.63) is 66.4 Å². The van der Waals surface area contributed by atoms with Crippen LogP contribution in [0.4, 0.5) is 4.39 Å². The van der Waals surface area contributed by atoms with Gasteiger partial charge in [0.25, 0.3) is 0 Å². The fourth-order valence-electron chi connectivity index (χ4n) is 4.51. The number of benzene rings is 2. The summed E-state index contributed by atoms with van der Waals surface area (Å²) >= 11 is 0. The minimum Gasteiger partial charge on any atom is -0.493 e. The molecule has 0 radical (unpaired) electrons. The maximum atomic E-state index is 13.5. The number of ether oxygens (including phenoxy) is 5. The van der Waals surface area contributed by atoms with Gasteiger partial charge >= 0.3 is 18.4 Å². The van der Waals surface area contributed by atoms with Crippen molar-refractivity contribution in [2.75, 3.05) is 19.9 Å². The first-order valence-electron chi connectivity index (χ1n) is 11.3. The number of fused-ring (bicyclic) bond motifs is 1. The Kier molecular flexibility index (Phi) is 7.79. The van der Waals surface area contributed by atoms with Crippen molar-refractivity contribution < 1.29 is 47.9 Å². The van der Waals surface area contributed by atoms with E-state index in [2.05, 4.69) is 11.8 Å². The van der Waals surface area contributed by atoms with E-state index in [0.29, 0.717) is 12.4 Å². The molecule has 11 heteroatoms. The molecule has 2 aromatic carbocycles. The van der Waals surface area contributed by atoms with Crippen LogP contribution in [0.25, 0.3) is 0 Å². The third kappa shape index (κ3) is 5.80. The Morgan fingerprint density at radius 2 is 1.69 bits per heavy atom. The van der Waals surface area contributed by atoms with Crippen molar-refractivity contribution in [2.45, 2.75) is 31.7 Å². The normalized spacial score (nSPS) is 22.7. The van der Waals surface area contributed by atoms with Crippen molar-refractivity contribution >= 4 is 11.9 Å². The lowest BCUT2D eigenvalue weighted by atomic mass is 9.76. The molecule has 0 bridgehead atoms. The van der Waals surface area contributed by atoms with Gasteiger partial charge in [-0.2, -0.15) is 0 Å². The maximum Gasteiger partial charge on any atom is 0.414 e. The van der Waals surface area contributed by atoms with Gasteiger partial charge in [-0.1, -0.05) is 12.1 Å². The number of halogens is 1. The first-order chi connectivity index (χ1) is 17.3. The quantitative estimate of drug-likeness (QED) is 0.587. The van der Waals surface area contributed by atoms with Crippen LogP contribution in [0.15, 0.2) is 55.0 Å². The average Bonchev–Trinajstić information content (AvgIpc) is 3.56. The number of likely N-dealkylation sites (tertiary alicyclic amines) is 1. The Hall–Kier alpha value is -3.99. The van der Waals surface area contributed by atoms with Gasteiger partial charge in [0.05, 0.1) is 6.61 Å². The van der Waals surface area contributed by atoms with E-state index in [9.17, 15) is 4.39 Å². The Morgan fingerprint density at radius 3 is 2.36 bits per heavy atom. The number of carboxylic acids is 2. The second-order valence-corrected chi connectivity index (χ2v) is 8.38. The molecule has 1 unspecified atom stereocenters. The van der Waals surface area contributed by atoms with Gasteiger partial charge < -0.3 is 33.9 Å². The number of carbonyl (C=O) groups is 2. The lowest BCUT2D eigenvalue weighted by Gasteiger charge is -2.45. The summed E-state index contributed by atoms with van der Waals surface area (Å²) < 4.78 is 41.7. The summed E-state index contributed by atoms with van der Waals surface area (Å²) in [6, 6.07) is 12.5. The monoisotopic (exact) mass is 503 g/mol. The fraction of sp³-hybridized carbons (Fsp3) is 0.360. The van der Waals surface area contributed by atoms with Gasteiger partial charge in [-0.25, -0.2) is 18.9 Å². The molecule has 0 spiro atoms. The summed E-state index contributed by atoms with van der Waals surface area (Å²) in [7, 11) is 0. The molecule has 0 aromatic heterocycles. The lowest BCUT2D eigenvalue weighted by Crippen LogP contribution is -2.53. The molecule has 2 aromatic rings. The highest BCUT2D eigenvalue weighted by Gasteiger charge is 2.41. The lowest BCUT2D eigenvalue weighted by molar-refractivity contribution is -0.172. The van der Waals surface area contributed by atoms with E-state index < -0.39 is 18.4 Å². The topological polar surface area (TPSA) is 124 Å². The van der Waals surface area contributed by atoms with E-state index in [1.807, 2.05) is 30.3 Å². The van der Waals surface area contributed by atoms with E-state index in [4.69, 9.17) is 43.5 Å². The minimum absolute atomic E-state index is 0.132. The molecule has 1 fully saturated rings. The molecule has 0 aliphatic carbocycles. The summed E-state index contributed by atoms with van der Waals surface area (Å²) in [4.78, 5) is 20.4. The van der Waals surface area contributed by atoms with Crippen molar-refractivity contribution in [2.24, 2.45) is 5.92 Å². The van der Waals surface area contributed by atoms with Crippen LogP contribution in [0.2, 0.25) is 0 Å². The number of hydrogen-bond acceptors (Lipinski definition) is 8. The first kappa shape index (κ1) is 25.1. The zero-order valence-corrected chi connectivity index (χ0v) is 19.4. The van der Waals surface area contributed by atoms with Gasteiger partial charge in [-0.3, -0.25) is 0 Å². The molecule has 5 rings (SSSR count). The van der Waals surface area contributed by atoms with Gasteiger partial charge in [-0.15, -0.1) is 0 Å². The summed E-state index contributed by atoms with van der Waals surface area (Å²) in [5.41, 5.74) is 1.12. The average molecular weight is 503 g/mol. The summed E-state index contributed by atoms with van der Waals surface area (Å²) in [5.74, 6) is -1.33. The van der Waals surface area contributed by atoms with E-state index >= 15 is 0 Å². The smallest absolute Gasteiger partial charge is 0.414 e. The molecule has 3 aliphatic heterocycles. The summed E-state index contributed by atoms with van der Waals surface area (Å²) in [6.45, 7) is 3.71. The van der Waals surface area contributed by atoms with Crippen LogP contribution in [0.5, 0.6) is 17.2 Å².